The van der Waals surface area contributed by atoms with E-state index in [2.05, 4.69) is 15.5 Å². The van der Waals surface area contributed by atoms with E-state index in [0.29, 0.717) is 27.4 Å². The fourth-order valence-corrected chi connectivity index (χ4v) is 5.12. The first-order valence-corrected chi connectivity index (χ1v) is 13.4. The van der Waals surface area contributed by atoms with Gasteiger partial charge in [-0.2, -0.15) is 9.41 Å². The highest BCUT2D eigenvalue weighted by Gasteiger charge is 2.25. The number of nitrogens with zero attached hydrogens (tertiary/aromatic N) is 3. The van der Waals surface area contributed by atoms with Gasteiger partial charge < -0.3 is 0 Å². The number of nitrogens with one attached hydrogen (secondary N) is 1. The summed E-state index contributed by atoms with van der Waals surface area (Å²) in [5, 5.41) is 4.54. The van der Waals surface area contributed by atoms with E-state index < -0.39 is 21.7 Å². The number of halogens is 2. The van der Waals surface area contributed by atoms with Gasteiger partial charge in [0.2, 0.25) is 10.0 Å². The first-order chi connectivity index (χ1) is 18.2. The Bertz CT molecular complexity index is 1530. The second-order valence-electron chi connectivity index (χ2n) is 8.43. The van der Waals surface area contributed by atoms with Crippen molar-refractivity contribution in [2.45, 2.75) is 24.9 Å². The van der Waals surface area contributed by atoms with Crippen LogP contribution in [0.5, 0.6) is 0 Å². The van der Waals surface area contributed by atoms with Crippen molar-refractivity contribution < 1.29 is 17.6 Å². The molecule has 38 heavy (non-hydrogen) atoms. The van der Waals surface area contributed by atoms with Crippen LogP contribution in [0.3, 0.4) is 0 Å². The van der Waals surface area contributed by atoms with Gasteiger partial charge in [-0.25, -0.2) is 18.2 Å². The van der Waals surface area contributed by atoms with E-state index in [9.17, 15) is 17.6 Å². The number of aromatic nitrogens is 1. The number of carbonyl (C=O) groups excluding carboxylic acids is 1. The molecule has 1 amide bonds. The summed E-state index contributed by atoms with van der Waals surface area (Å²) in [5.41, 5.74) is 5.56. The number of sulfonamides is 1. The van der Waals surface area contributed by atoms with Crippen molar-refractivity contribution in [1.29, 1.82) is 0 Å². The minimum absolute atomic E-state index is 0.0236. The van der Waals surface area contributed by atoms with Gasteiger partial charge in [0.25, 0.3) is 5.91 Å². The summed E-state index contributed by atoms with van der Waals surface area (Å²) in [6, 6.07) is 21.7. The van der Waals surface area contributed by atoms with Crippen LogP contribution in [0.25, 0.3) is 0 Å². The molecule has 194 valence electrons. The fraction of sp³-hybridized carbons (Fsp3) is 0.107. The molecule has 10 heteroatoms. The number of pyridine rings is 1. The van der Waals surface area contributed by atoms with Crippen molar-refractivity contribution in [3.63, 3.8) is 0 Å². The molecule has 1 N–H and O–H groups in total. The zero-order chi connectivity index (χ0) is 27.1. The molecular weight excluding hydrogens is 527 g/mol. The Hall–Kier alpha value is -3.92. The summed E-state index contributed by atoms with van der Waals surface area (Å²) < 4.78 is 41.7. The summed E-state index contributed by atoms with van der Waals surface area (Å²) in [6.07, 6.45) is 3.30. The second kappa shape index (κ2) is 12.1. The van der Waals surface area contributed by atoms with Crippen molar-refractivity contribution in [3.05, 3.63) is 130 Å². The predicted octanol–water partition coefficient (Wildman–Crippen LogP) is 5.42. The Morgan fingerprint density at radius 1 is 0.921 bits per heavy atom. The van der Waals surface area contributed by atoms with Gasteiger partial charge in [0.1, 0.15) is 5.82 Å². The normalized spacial score (nSPS) is 11.9. The smallest absolute Gasteiger partial charge is 0.267 e. The number of benzene rings is 3. The molecule has 4 aromatic rings. The van der Waals surface area contributed by atoms with Crippen molar-refractivity contribution >= 4 is 33.2 Å². The van der Waals surface area contributed by atoms with Gasteiger partial charge in [-0.05, 0) is 72.6 Å². The van der Waals surface area contributed by atoms with Gasteiger partial charge in [0.05, 0.1) is 10.6 Å². The molecule has 0 fully saturated rings. The third-order valence-electron chi connectivity index (χ3n) is 5.70. The van der Waals surface area contributed by atoms with Gasteiger partial charge in [-0.15, -0.1) is 0 Å². The Kier molecular flexibility index (Phi) is 8.62. The molecule has 3 aromatic carbocycles. The van der Waals surface area contributed by atoms with Gasteiger partial charge >= 0.3 is 0 Å². The molecule has 0 aliphatic rings. The Balaban J connectivity index is 1.52. The predicted molar refractivity (Wildman–Crippen MR) is 145 cm³/mol. The summed E-state index contributed by atoms with van der Waals surface area (Å²) >= 11 is 5.94. The van der Waals surface area contributed by atoms with Crippen LogP contribution in [0.15, 0.2) is 107 Å². The SMILES string of the molecule is C/C(=N/NC(=O)c1ccc(CN(Cc2ccc(F)cc2)S(=O)(=O)c2ccc(Cl)cc2)cc1)c1cccnc1. The van der Waals surface area contributed by atoms with E-state index in [0.717, 1.165) is 5.56 Å². The number of hydrogen-bond donors (Lipinski definition) is 1. The van der Waals surface area contributed by atoms with Crippen LogP contribution in [0.4, 0.5) is 4.39 Å². The molecule has 0 saturated carbocycles. The molecule has 0 aliphatic carbocycles. The molecule has 1 heterocycles. The van der Waals surface area contributed by atoms with E-state index in [1.165, 1.54) is 40.7 Å². The quantitative estimate of drug-likeness (QED) is 0.222. The highest BCUT2D eigenvalue weighted by atomic mass is 35.5. The fourth-order valence-electron chi connectivity index (χ4n) is 3.58. The summed E-state index contributed by atoms with van der Waals surface area (Å²) in [7, 11) is -3.92. The monoisotopic (exact) mass is 550 g/mol. The van der Waals surface area contributed by atoms with Gasteiger partial charge in [-0.3, -0.25) is 9.78 Å². The molecule has 0 spiro atoms. The van der Waals surface area contributed by atoms with Crippen LogP contribution in [0, 0.1) is 5.82 Å². The van der Waals surface area contributed by atoms with E-state index >= 15 is 0 Å². The highest BCUT2D eigenvalue weighted by Crippen LogP contribution is 2.23. The lowest BCUT2D eigenvalue weighted by molar-refractivity contribution is 0.0954. The largest absolute Gasteiger partial charge is 0.271 e. The number of carbonyl (C=O) groups is 1. The van der Waals surface area contributed by atoms with Crippen molar-refractivity contribution in [2.24, 2.45) is 5.10 Å². The lowest BCUT2D eigenvalue weighted by Crippen LogP contribution is -2.30. The number of hydrogen-bond acceptors (Lipinski definition) is 5. The van der Waals surface area contributed by atoms with Crippen LogP contribution in [-0.4, -0.2) is 29.3 Å². The summed E-state index contributed by atoms with van der Waals surface area (Å²) in [5.74, 6) is -0.813. The second-order valence-corrected chi connectivity index (χ2v) is 10.8. The number of rotatable bonds is 9. The van der Waals surface area contributed by atoms with Crippen molar-refractivity contribution in [3.8, 4) is 0 Å². The van der Waals surface area contributed by atoms with Crippen LogP contribution in [0.1, 0.15) is 34.0 Å². The maximum Gasteiger partial charge on any atom is 0.271 e. The topological polar surface area (TPSA) is 91.7 Å². The first-order valence-electron chi connectivity index (χ1n) is 11.6. The molecule has 0 atom stereocenters. The lowest BCUT2D eigenvalue weighted by Gasteiger charge is -2.23. The molecule has 4 rings (SSSR count). The molecule has 0 unspecified atom stereocenters. The zero-order valence-corrected chi connectivity index (χ0v) is 22.0. The van der Waals surface area contributed by atoms with Gasteiger partial charge in [-0.1, -0.05) is 41.9 Å². The van der Waals surface area contributed by atoms with Gasteiger partial charge in [0.15, 0.2) is 0 Å². The Morgan fingerprint density at radius 3 is 2.11 bits per heavy atom. The van der Waals surface area contributed by atoms with Crippen molar-refractivity contribution in [2.75, 3.05) is 0 Å². The zero-order valence-electron chi connectivity index (χ0n) is 20.4. The Labute approximate surface area is 225 Å². The minimum Gasteiger partial charge on any atom is -0.267 e. The van der Waals surface area contributed by atoms with Crippen LogP contribution < -0.4 is 5.43 Å². The van der Waals surface area contributed by atoms with Gasteiger partial charge in [0, 0.05) is 41.6 Å². The Morgan fingerprint density at radius 2 is 1.53 bits per heavy atom. The molecule has 0 aliphatic heterocycles. The third kappa shape index (κ3) is 6.89. The summed E-state index contributed by atoms with van der Waals surface area (Å²) in [6.45, 7) is 1.82. The van der Waals surface area contributed by atoms with E-state index in [1.54, 1.807) is 61.8 Å². The molecule has 0 saturated heterocycles. The first kappa shape index (κ1) is 27.1. The van der Waals surface area contributed by atoms with Crippen molar-refractivity contribution in [1.82, 2.24) is 14.7 Å². The highest BCUT2D eigenvalue weighted by molar-refractivity contribution is 7.89. The standard InChI is InChI=1S/C28H24ClFN4O3S/c1-20(24-3-2-16-31-17-24)32-33-28(35)23-8-4-21(5-9-23)18-34(19-22-6-12-26(30)13-7-22)38(36,37)27-14-10-25(29)11-15-27/h2-17H,18-19H2,1H3,(H,33,35)/b32-20-. The third-order valence-corrected chi connectivity index (χ3v) is 7.76. The average Bonchev–Trinajstić information content (AvgIpc) is 2.93. The maximum atomic E-state index is 13.5. The molecule has 7 nitrogen and oxygen atoms in total. The molecule has 0 radical (unpaired) electrons. The number of hydrazone groups is 1. The summed E-state index contributed by atoms with van der Waals surface area (Å²) in [4.78, 5) is 16.7. The van der Waals surface area contributed by atoms with Crippen LogP contribution >= 0.6 is 11.6 Å². The molecular formula is C28H24ClFN4O3S. The minimum atomic E-state index is -3.92. The maximum absolute atomic E-state index is 13.5. The molecule has 0 bridgehead atoms. The van der Waals surface area contributed by atoms with Crippen LogP contribution in [0.2, 0.25) is 5.02 Å². The van der Waals surface area contributed by atoms with E-state index in [4.69, 9.17) is 11.6 Å². The average molecular weight is 551 g/mol. The van der Waals surface area contributed by atoms with Crippen LogP contribution in [-0.2, 0) is 23.1 Å². The van der Waals surface area contributed by atoms with E-state index in [-0.39, 0.29) is 18.0 Å². The van der Waals surface area contributed by atoms with E-state index in [1.807, 2.05) is 6.07 Å². The lowest BCUT2D eigenvalue weighted by atomic mass is 10.1. The number of amides is 1. The molecule has 1 aromatic heterocycles.